The van der Waals surface area contributed by atoms with Crippen molar-refractivity contribution in [2.75, 3.05) is 38.0 Å². The van der Waals surface area contributed by atoms with Gasteiger partial charge in [0.05, 0.1) is 31.7 Å². The Bertz CT molecular complexity index is 541. The van der Waals surface area contributed by atoms with E-state index in [2.05, 4.69) is 5.32 Å². The Morgan fingerprint density at radius 1 is 1.50 bits per heavy atom. The summed E-state index contributed by atoms with van der Waals surface area (Å²) < 4.78 is 0. The summed E-state index contributed by atoms with van der Waals surface area (Å²) in [6.45, 7) is 4.89. The summed E-state index contributed by atoms with van der Waals surface area (Å²) in [5.74, 6) is 0.000902. The first kappa shape index (κ1) is 14.5. The average Bonchev–Trinajstić information content (AvgIpc) is 2.86. The quantitative estimate of drug-likeness (QED) is 0.774. The first-order valence-corrected chi connectivity index (χ1v) is 7.34. The standard InChI is InChI=1S/C13H16N4O2S/c1-10(18)17-5-3-16(4-6-17)9-12(19)15-13-11(8-14)2-7-20-13/h2,7H,3-6,9H2,1H3,(H,15,19)/p+1. The molecule has 2 heterocycles. The number of amides is 2. The minimum atomic E-state index is -0.0878. The van der Waals surface area contributed by atoms with Gasteiger partial charge in [-0.1, -0.05) is 0 Å². The number of anilines is 1. The van der Waals surface area contributed by atoms with Crippen molar-refractivity contribution in [3.05, 3.63) is 17.0 Å². The van der Waals surface area contributed by atoms with Crippen molar-refractivity contribution in [1.29, 1.82) is 5.26 Å². The van der Waals surface area contributed by atoms with Crippen LogP contribution in [0.2, 0.25) is 0 Å². The summed E-state index contributed by atoms with van der Waals surface area (Å²) in [5.41, 5.74) is 0.500. The van der Waals surface area contributed by atoms with E-state index in [-0.39, 0.29) is 11.8 Å². The van der Waals surface area contributed by atoms with Crippen LogP contribution < -0.4 is 10.2 Å². The maximum atomic E-state index is 11.9. The predicted molar refractivity (Wildman–Crippen MR) is 75.5 cm³/mol. The van der Waals surface area contributed by atoms with Crippen molar-refractivity contribution in [3.63, 3.8) is 0 Å². The normalized spacial score (nSPS) is 15.7. The molecule has 0 atom stereocenters. The zero-order valence-electron chi connectivity index (χ0n) is 11.3. The summed E-state index contributed by atoms with van der Waals surface area (Å²) in [6.07, 6.45) is 0. The number of carbonyl (C=O) groups is 2. The maximum Gasteiger partial charge on any atom is 0.280 e. The van der Waals surface area contributed by atoms with E-state index in [1.54, 1.807) is 23.3 Å². The van der Waals surface area contributed by atoms with Crippen molar-refractivity contribution in [2.24, 2.45) is 0 Å². The van der Waals surface area contributed by atoms with E-state index in [4.69, 9.17) is 5.26 Å². The van der Waals surface area contributed by atoms with Gasteiger partial charge in [-0.2, -0.15) is 5.26 Å². The molecule has 0 radical (unpaired) electrons. The fourth-order valence-electron chi connectivity index (χ4n) is 2.21. The van der Waals surface area contributed by atoms with Gasteiger partial charge >= 0.3 is 0 Å². The molecule has 0 aromatic carbocycles. The average molecular weight is 293 g/mol. The molecule has 0 aliphatic carbocycles. The van der Waals surface area contributed by atoms with Crippen LogP contribution in [0.5, 0.6) is 0 Å². The fourth-order valence-corrected chi connectivity index (χ4v) is 2.96. The van der Waals surface area contributed by atoms with E-state index in [9.17, 15) is 9.59 Å². The lowest BCUT2D eigenvalue weighted by Crippen LogP contribution is -3.15. The van der Waals surface area contributed by atoms with Gasteiger partial charge in [-0.3, -0.25) is 9.59 Å². The first-order chi connectivity index (χ1) is 9.60. The summed E-state index contributed by atoms with van der Waals surface area (Å²) in [5, 5.41) is 14.1. The summed E-state index contributed by atoms with van der Waals surface area (Å²) >= 11 is 1.35. The second kappa shape index (κ2) is 6.50. The summed E-state index contributed by atoms with van der Waals surface area (Å²) in [4.78, 5) is 26.1. The van der Waals surface area contributed by atoms with Gasteiger partial charge in [0.25, 0.3) is 5.91 Å². The van der Waals surface area contributed by atoms with E-state index in [0.29, 0.717) is 30.2 Å². The van der Waals surface area contributed by atoms with Crippen LogP contribution in [0.4, 0.5) is 5.00 Å². The SMILES string of the molecule is CC(=O)N1CC[NH+](CC(=O)Nc2sccc2C#N)CC1. The second-order valence-corrected chi connectivity index (χ2v) is 5.67. The number of piperazine rings is 1. The molecule has 2 amide bonds. The van der Waals surface area contributed by atoms with Gasteiger partial charge in [0.15, 0.2) is 6.54 Å². The highest BCUT2D eigenvalue weighted by Gasteiger charge is 2.23. The fraction of sp³-hybridized carbons (Fsp3) is 0.462. The van der Waals surface area contributed by atoms with Crippen LogP contribution in [0, 0.1) is 11.3 Å². The van der Waals surface area contributed by atoms with Gasteiger partial charge in [-0.15, -0.1) is 11.3 Å². The minimum Gasteiger partial charge on any atom is -0.332 e. The van der Waals surface area contributed by atoms with Gasteiger partial charge in [0.2, 0.25) is 5.91 Å². The molecular weight excluding hydrogens is 276 g/mol. The van der Waals surface area contributed by atoms with Crippen molar-refractivity contribution in [3.8, 4) is 6.07 Å². The number of quaternary nitrogens is 1. The van der Waals surface area contributed by atoms with Crippen LogP contribution in [0.15, 0.2) is 11.4 Å². The number of carbonyl (C=O) groups excluding carboxylic acids is 2. The third-order valence-electron chi connectivity index (χ3n) is 3.37. The van der Waals surface area contributed by atoms with E-state index < -0.39 is 0 Å². The van der Waals surface area contributed by atoms with Crippen molar-refractivity contribution >= 4 is 28.2 Å². The molecule has 1 fully saturated rings. The van der Waals surface area contributed by atoms with Crippen LogP contribution in [0.1, 0.15) is 12.5 Å². The Morgan fingerprint density at radius 2 is 2.20 bits per heavy atom. The number of nitriles is 1. The smallest absolute Gasteiger partial charge is 0.280 e. The lowest BCUT2D eigenvalue weighted by molar-refractivity contribution is -0.895. The van der Waals surface area contributed by atoms with Gasteiger partial charge < -0.3 is 15.1 Å². The van der Waals surface area contributed by atoms with Gasteiger partial charge in [-0.25, -0.2) is 0 Å². The Morgan fingerprint density at radius 3 is 2.80 bits per heavy atom. The highest BCUT2D eigenvalue weighted by molar-refractivity contribution is 7.14. The number of hydrogen-bond acceptors (Lipinski definition) is 4. The second-order valence-electron chi connectivity index (χ2n) is 4.76. The molecule has 106 valence electrons. The third-order valence-corrected chi connectivity index (χ3v) is 4.19. The molecule has 1 aliphatic rings. The Kier molecular flexibility index (Phi) is 4.71. The van der Waals surface area contributed by atoms with Gasteiger partial charge in [0, 0.05) is 6.92 Å². The highest BCUT2D eigenvalue weighted by Crippen LogP contribution is 2.21. The van der Waals surface area contributed by atoms with Gasteiger partial charge in [0.1, 0.15) is 11.1 Å². The summed E-state index contributed by atoms with van der Waals surface area (Å²) in [6, 6.07) is 3.74. The molecule has 0 unspecified atom stereocenters. The zero-order chi connectivity index (χ0) is 14.5. The largest absolute Gasteiger partial charge is 0.332 e. The molecule has 20 heavy (non-hydrogen) atoms. The summed E-state index contributed by atoms with van der Waals surface area (Å²) in [7, 11) is 0. The Labute approximate surface area is 121 Å². The molecule has 7 heteroatoms. The van der Waals surface area contributed by atoms with Crippen LogP contribution >= 0.6 is 11.3 Å². The molecule has 0 bridgehead atoms. The van der Waals surface area contributed by atoms with Crippen LogP contribution in [-0.4, -0.2) is 49.4 Å². The zero-order valence-corrected chi connectivity index (χ0v) is 12.1. The topological polar surface area (TPSA) is 77.6 Å². The van der Waals surface area contributed by atoms with Crippen molar-refractivity contribution < 1.29 is 14.5 Å². The molecule has 0 spiro atoms. The van der Waals surface area contributed by atoms with E-state index >= 15 is 0 Å². The molecule has 0 saturated carbocycles. The lowest BCUT2D eigenvalue weighted by atomic mass is 10.3. The first-order valence-electron chi connectivity index (χ1n) is 6.46. The molecule has 6 nitrogen and oxygen atoms in total. The molecule has 2 N–H and O–H groups in total. The molecule has 1 aromatic heterocycles. The molecular formula is C13H17N4O2S+. The molecule has 1 aliphatic heterocycles. The van der Waals surface area contributed by atoms with Crippen molar-refractivity contribution in [1.82, 2.24) is 4.90 Å². The maximum absolute atomic E-state index is 11.9. The van der Waals surface area contributed by atoms with Crippen LogP contribution in [0.3, 0.4) is 0 Å². The number of nitrogens with one attached hydrogen (secondary N) is 2. The van der Waals surface area contributed by atoms with Crippen LogP contribution in [0.25, 0.3) is 0 Å². The number of hydrogen-bond donors (Lipinski definition) is 2. The monoisotopic (exact) mass is 293 g/mol. The van der Waals surface area contributed by atoms with Gasteiger partial charge in [-0.05, 0) is 11.4 Å². The Hall–Kier alpha value is -1.91. The molecule has 1 aromatic rings. The highest BCUT2D eigenvalue weighted by atomic mass is 32.1. The van der Waals surface area contributed by atoms with E-state index in [1.807, 2.05) is 6.07 Å². The van der Waals surface area contributed by atoms with Crippen LogP contribution in [-0.2, 0) is 9.59 Å². The number of rotatable bonds is 3. The Balaban J connectivity index is 1.82. The van der Waals surface area contributed by atoms with E-state index in [0.717, 1.165) is 18.0 Å². The number of nitrogens with zero attached hydrogens (tertiary/aromatic N) is 2. The third kappa shape index (κ3) is 3.56. The van der Waals surface area contributed by atoms with E-state index in [1.165, 1.54) is 11.3 Å². The van der Waals surface area contributed by atoms with Crippen molar-refractivity contribution in [2.45, 2.75) is 6.92 Å². The molecule has 1 saturated heterocycles. The minimum absolute atomic E-state index is 0.0878. The predicted octanol–water partition coefficient (Wildman–Crippen LogP) is -0.695. The number of thiophene rings is 1. The lowest BCUT2D eigenvalue weighted by Gasteiger charge is -2.31. The molecule has 2 rings (SSSR count).